The molecule has 222 valence electrons. The number of nitrogens with zero attached hydrogens (tertiary/aromatic N) is 1. The number of benzene rings is 2. The van der Waals surface area contributed by atoms with Gasteiger partial charge in [0, 0.05) is 16.7 Å². The highest BCUT2D eigenvalue weighted by molar-refractivity contribution is 5.95. The number of aromatic nitrogens is 1. The van der Waals surface area contributed by atoms with Crippen LogP contribution in [0.5, 0.6) is 17.2 Å². The van der Waals surface area contributed by atoms with Crippen molar-refractivity contribution in [1.82, 2.24) is 10.3 Å². The SMILES string of the molecule is COc1cc(C(=O)NC[C@](O)(c2cc3c(c(-c4ccc(F)cc4)n2)OC[C@@]3(F)C(N)=O)C(F)(F)F)ccc1OC1CC1. The number of alkyl halides is 4. The second-order valence-electron chi connectivity index (χ2n) is 9.92. The maximum absolute atomic E-state index is 15.6. The molecule has 1 aromatic heterocycles. The van der Waals surface area contributed by atoms with Crippen LogP contribution in [0.4, 0.5) is 22.0 Å². The molecule has 1 fully saturated rings. The van der Waals surface area contributed by atoms with Gasteiger partial charge in [0.15, 0.2) is 17.2 Å². The van der Waals surface area contributed by atoms with Crippen LogP contribution in [0.2, 0.25) is 0 Å². The molecule has 2 amide bonds. The lowest BCUT2D eigenvalue weighted by atomic mass is 9.90. The standard InChI is InChI=1S/C28H24F5N3O6/c1-40-20-10-15(4-9-19(20)42-17-7-8-17)24(37)35-12-27(39,28(31,32)33)21-11-18-23(41-13-26(18,30)25(34)38)22(36-21)14-2-5-16(29)6-3-14/h2-6,9-11,17,39H,7-8,12-13H2,1H3,(H2,34,38)(H,35,37)/t26-,27-/m0/s1. The van der Waals surface area contributed by atoms with E-state index in [1.54, 1.807) is 0 Å². The van der Waals surface area contributed by atoms with Crippen LogP contribution in [0.3, 0.4) is 0 Å². The van der Waals surface area contributed by atoms with E-state index in [1.807, 2.05) is 5.32 Å². The monoisotopic (exact) mass is 593 g/mol. The van der Waals surface area contributed by atoms with Gasteiger partial charge < -0.3 is 30.4 Å². The second kappa shape index (κ2) is 10.4. The maximum atomic E-state index is 15.6. The highest BCUT2D eigenvalue weighted by Gasteiger charge is 2.58. The van der Waals surface area contributed by atoms with Crippen LogP contribution in [0.15, 0.2) is 48.5 Å². The molecular formula is C28H24F5N3O6. The van der Waals surface area contributed by atoms with E-state index in [-0.39, 0.29) is 23.0 Å². The van der Waals surface area contributed by atoms with E-state index in [2.05, 4.69) is 4.98 Å². The number of nitrogens with two attached hydrogens (primary N) is 1. The van der Waals surface area contributed by atoms with Crippen molar-refractivity contribution in [1.29, 1.82) is 0 Å². The third-order valence-corrected chi connectivity index (χ3v) is 6.96. The lowest BCUT2D eigenvalue weighted by molar-refractivity contribution is -0.265. The minimum atomic E-state index is -5.47. The van der Waals surface area contributed by atoms with Gasteiger partial charge in [0.1, 0.15) is 18.1 Å². The normalized spacial score (nSPS) is 19.3. The molecule has 4 N–H and O–H groups in total. The molecule has 5 rings (SSSR count). The van der Waals surface area contributed by atoms with Crippen molar-refractivity contribution >= 4 is 11.8 Å². The van der Waals surface area contributed by atoms with Gasteiger partial charge in [0.2, 0.25) is 5.60 Å². The number of ether oxygens (including phenoxy) is 3. The van der Waals surface area contributed by atoms with Crippen molar-refractivity contribution < 1.29 is 50.9 Å². The molecule has 1 aliphatic heterocycles. The van der Waals surface area contributed by atoms with Gasteiger partial charge in [-0.1, -0.05) is 0 Å². The topological polar surface area (TPSA) is 133 Å². The number of nitrogens with one attached hydrogen (secondary N) is 1. The molecule has 1 aliphatic carbocycles. The zero-order valence-corrected chi connectivity index (χ0v) is 21.9. The van der Waals surface area contributed by atoms with Crippen LogP contribution in [0, 0.1) is 5.82 Å². The number of hydrogen-bond acceptors (Lipinski definition) is 7. The van der Waals surface area contributed by atoms with Crippen molar-refractivity contribution in [2.45, 2.75) is 36.4 Å². The summed E-state index contributed by atoms with van der Waals surface area (Å²) in [4.78, 5) is 28.8. The van der Waals surface area contributed by atoms with Crippen molar-refractivity contribution in [3.8, 4) is 28.5 Å². The smallest absolute Gasteiger partial charge is 0.424 e. The number of methoxy groups -OCH3 is 1. The number of hydrogen-bond donors (Lipinski definition) is 3. The summed E-state index contributed by atoms with van der Waals surface area (Å²) in [6, 6.07) is 8.78. The number of halogens is 5. The predicted octanol–water partition coefficient (Wildman–Crippen LogP) is 3.66. The fourth-order valence-corrected chi connectivity index (χ4v) is 4.36. The fraction of sp³-hybridized carbons (Fsp3) is 0.321. The zero-order valence-electron chi connectivity index (χ0n) is 21.9. The minimum absolute atomic E-state index is 0.00242. The Balaban J connectivity index is 1.53. The third-order valence-electron chi connectivity index (χ3n) is 6.96. The molecule has 2 aliphatic rings. The molecule has 3 aromatic rings. The van der Waals surface area contributed by atoms with Crippen LogP contribution in [0.25, 0.3) is 11.3 Å². The Morgan fingerprint density at radius 3 is 2.43 bits per heavy atom. The largest absolute Gasteiger partial charge is 0.493 e. The maximum Gasteiger partial charge on any atom is 0.424 e. The molecule has 42 heavy (non-hydrogen) atoms. The first-order valence-electron chi connectivity index (χ1n) is 12.6. The summed E-state index contributed by atoms with van der Waals surface area (Å²) in [6.07, 6.45) is -3.73. The van der Waals surface area contributed by atoms with Gasteiger partial charge in [0.25, 0.3) is 17.5 Å². The number of pyridine rings is 1. The zero-order chi connectivity index (χ0) is 30.4. The van der Waals surface area contributed by atoms with E-state index in [1.165, 1.54) is 25.3 Å². The Kier molecular flexibility index (Phi) is 7.21. The van der Waals surface area contributed by atoms with E-state index in [4.69, 9.17) is 19.9 Å². The van der Waals surface area contributed by atoms with E-state index in [9.17, 15) is 32.3 Å². The number of primary amides is 1. The predicted molar refractivity (Wildman–Crippen MR) is 136 cm³/mol. The molecule has 0 saturated heterocycles. The molecule has 9 nitrogen and oxygen atoms in total. The summed E-state index contributed by atoms with van der Waals surface area (Å²) in [5, 5.41) is 13.1. The number of carbonyl (C=O) groups is 2. The lowest BCUT2D eigenvalue weighted by Crippen LogP contribution is -2.51. The van der Waals surface area contributed by atoms with Gasteiger partial charge in [-0.15, -0.1) is 0 Å². The van der Waals surface area contributed by atoms with Gasteiger partial charge in [-0.3, -0.25) is 9.59 Å². The van der Waals surface area contributed by atoms with E-state index in [0.29, 0.717) is 11.8 Å². The summed E-state index contributed by atoms with van der Waals surface area (Å²) in [7, 11) is 1.33. The van der Waals surface area contributed by atoms with Gasteiger partial charge in [-0.25, -0.2) is 13.8 Å². The Morgan fingerprint density at radius 1 is 1.14 bits per heavy atom. The molecule has 2 heterocycles. The van der Waals surface area contributed by atoms with Crippen molar-refractivity contribution in [2.24, 2.45) is 5.73 Å². The summed E-state index contributed by atoms with van der Waals surface area (Å²) >= 11 is 0. The average molecular weight is 594 g/mol. The summed E-state index contributed by atoms with van der Waals surface area (Å²) in [6.45, 7) is -2.41. The van der Waals surface area contributed by atoms with Crippen molar-refractivity contribution in [2.75, 3.05) is 20.3 Å². The quantitative estimate of drug-likeness (QED) is 0.323. The molecule has 2 aromatic carbocycles. The minimum Gasteiger partial charge on any atom is -0.493 e. The second-order valence-corrected chi connectivity index (χ2v) is 9.92. The van der Waals surface area contributed by atoms with E-state index in [0.717, 1.165) is 37.1 Å². The Labute approximate surface area is 235 Å². The Bertz CT molecular complexity index is 1550. The Hall–Kier alpha value is -4.46. The molecule has 0 spiro atoms. The number of rotatable bonds is 9. The third kappa shape index (κ3) is 5.17. The highest BCUT2D eigenvalue weighted by Crippen LogP contribution is 2.48. The summed E-state index contributed by atoms with van der Waals surface area (Å²) < 4.78 is 88.8. The van der Waals surface area contributed by atoms with Gasteiger partial charge in [-0.05, 0) is 61.4 Å². The van der Waals surface area contributed by atoms with Gasteiger partial charge in [0.05, 0.1) is 25.5 Å². The molecule has 14 heteroatoms. The van der Waals surface area contributed by atoms with Crippen LogP contribution in [-0.2, 0) is 16.1 Å². The number of amides is 2. The van der Waals surface area contributed by atoms with Crippen LogP contribution < -0.4 is 25.3 Å². The van der Waals surface area contributed by atoms with Crippen molar-refractivity contribution in [3.05, 3.63) is 71.2 Å². The van der Waals surface area contributed by atoms with Gasteiger partial charge >= 0.3 is 6.18 Å². The molecule has 0 radical (unpaired) electrons. The number of carbonyl (C=O) groups excluding carboxylic acids is 2. The molecule has 2 atom stereocenters. The summed E-state index contributed by atoms with van der Waals surface area (Å²) in [5.74, 6) is -3.10. The average Bonchev–Trinajstić information content (AvgIpc) is 3.71. The number of aliphatic hydroxyl groups is 1. The van der Waals surface area contributed by atoms with E-state index >= 15 is 4.39 Å². The highest BCUT2D eigenvalue weighted by atomic mass is 19.4. The Morgan fingerprint density at radius 2 is 1.83 bits per heavy atom. The molecular weight excluding hydrogens is 569 g/mol. The van der Waals surface area contributed by atoms with Crippen LogP contribution >= 0.6 is 0 Å². The fourth-order valence-electron chi connectivity index (χ4n) is 4.36. The number of fused-ring (bicyclic) bond motifs is 1. The first-order valence-corrected chi connectivity index (χ1v) is 12.6. The van der Waals surface area contributed by atoms with Crippen LogP contribution in [-0.4, -0.2) is 54.4 Å². The summed E-state index contributed by atoms with van der Waals surface area (Å²) in [5.41, 5.74) is -4.11. The van der Waals surface area contributed by atoms with Crippen molar-refractivity contribution in [3.63, 3.8) is 0 Å². The van der Waals surface area contributed by atoms with Crippen LogP contribution in [0.1, 0.15) is 34.5 Å². The molecule has 0 bridgehead atoms. The molecule has 1 saturated carbocycles. The molecule has 0 unspecified atom stereocenters. The first kappa shape index (κ1) is 29.0. The van der Waals surface area contributed by atoms with E-state index < -0.39 is 70.9 Å². The van der Waals surface area contributed by atoms with Gasteiger partial charge in [-0.2, -0.15) is 13.2 Å². The first-order chi connectivity index (χ1) is 19.8. The lowest BCUT2D eigenvalue weighted by Gasteiger charge is -2.31.